The van der Waals surface area contributed by atoms with Gasteiger partial charge in [0.1, 0.15) is 0 Å². The molecule has 5 aromatic heterocycles. The van der Waals surface area contributed by atoms with Gasteiger partial charge in [-0.3, -0.25) is 9.97 Å². The van der Waals surface area contributed by atoms with Gasteiger partial charge in [-0.05, 0) is 83.3 Å². The zero-order valence-electron chi connectivity index (χ0n) is 32.9. The first kappa shape index (κ1) is 35.2. The van der Waals surface area contributed by atoms with Crippen LogP contribution in [-0.4, -0.2) is 34.9 Å². The van der Waals surface area contributed by atoms with Crippen LogP contribution in [0.2, 0.25) is 0 Å². The molecule has 0 N–H and O–H groups in total. The van der Waals surface area contributed by atoms with Gasteiger partial charge in [-0.1, -0.05) is 115 Å². The second-order valence-electron chi connectivity index (χ2n) is 15.0. The first-order valence-electron chi connectivity index (χ1n) is 20.0. The van der Waals surface area contributed by atoms with E-state index in [1.807, 2.05) is 91.4 Å². The van der Waals surface area contributed by atoms with Crippen molar-refractivity contribution in [2.75, 3.05) is 0 Å². The molecular formula is C53H35N7. The zero-order chi connectivity index (χ0) is 40.2. The number of fused-ring (bicyclic) bond motifs is 6. The largest absolute Gasteiger partial charge is 0.264 e. The van der Waals surface area contributed by atoms with Gasteiger partial charge in [0.2, 0.25) is 0 Å². The Kier molecular flexibility index (Phi) is 8.45. The van der Waals surface area contributed by atoms with Crippen molar-refractivity contribution in [1.82, 2.24) is 34.9 Å². The molecule has 60 heavy (non-hydrogen) atoms. The molecular weight excluding hydrogens is 735 g/mol. The number of para-hydroxylation sites is 1. The van der Waals surface area contributed by atoms with E-state index < -0.39 is 0 Å². The molecule has 0 amide bonds. The Balaban J connectivity index is 1.10. The first-order valence-corrected chi connectivity index (χ1v) is 20.0. The van der Waals surface area contributed by atoms with Gasteiger partial charge in [0.25, 0.3) is 0 Å². The van der Waals surface area contributed by atoms with Gasteiger partial charge < -0.3 is 0 Å². The van der Waals surface area contributed by atoms with Crippen molar-refractivity contribution in [2.24, 2.45) is 0 Å². The highest BCUT2D eigenvalue weighted by atomic mass is 15.0. The average Bonchev–Trinajstić information content (AvgIpc) is 3.33. The van der Waals surface area contributed by atoms with Gasteiger partial charge >= 0.3 is 0 Å². The summed E-state index contributed by atoms with van der Waals surface area (Å²) in [5.41, 5.74) is 12.8. The fourth-order valence-electron chi connectivity index (χ4n) is 8.59. The average molecular weight is 770 g/mol. The lowest BCUT2D eigenvalue weighted by Crippen LogP contribution is -2.00. The molecule has 0 spiro atoms. The molecule has 0 atom stereocenters. The molecule has 7 nitrogen and oxygen atoms in total. The van der Waals surface area contributed by atoms with Crippen molar-refractivity contribution in [3.63, 3.8) is 0 Å². The Bertz CT molecular complexity index is 3350. The Morgan fingerprint density at radius 2 is 0.750 bits per heavy atom. The zero-order valence-corrected chi connectivity index (χ0v) is 32.9. The SMILES string of the molecule is Cc1c2c(-c3cccnc3)nc3cc(-c4ccc(-c5nc(-c6ccccc6)nc(-c6ccccc6)n5)cc4)ccc3c2c(C)c2c(-c3cccnc3)nc3ccccc3c12. The third-order valence-corrected chi connectivity index (χ3v) is 11.4. The summed E-state index contributed by atoms with van der Waals surface area (Å²) in [6.07, 6.45) is 7.43. The summed E-state index contributed by atoms with van der Waals surface area (Å²) in [6, 6.07) is 51.7. The Hall–Kier alpha value is -8.03. The minimum absolute atomic E-state index is 0.619. The predicted octanol–water partition coefficient (Wildman–Crippen LogP) is 12.7. The van der Waals surface area contributed by atoms with Crippen molar-refractivity contribution < 1.29 is 0 Å². The summed E-state index contributed by atoms with van der Waals surface area (Å²) >= 11 is 0. The third kappa shape index (κ3) is 5.95. The van der Waals surface area contributed by atoms with E-state index in [2.05, 4.69) is 103 Å². The van der Waals surface area contributed by atoms with Crippen LogP contribution in [0, 0.1) is 13.8 Å². The summed E-state index contributed by atoms with van der Waals surface area (Å²) < 4.78 is 0. The van der Waals surface area contributed by atoms with Crippen LogP contribution in [0.3, 0.4) is 0 Å². The number of aryl methyl sites for hydroxylation is 2. The van der Waals surface area contributed by atoms with Crippen LogP contribution < -0.4 is 0 Å². The lowest BCUT2D eigenvalue weighted by Gasteiger charge is -2.21. The van der Waals surface area contributed by atoms with Crippen LogP contribution in [0.15, 0.2) is 176 Å². The van der Waals surface area contributed by atoms with Crippen LogP contribution in [0.5, 0.6) is 0 Å². The number of pyridine rings is 4. The number of rotatable bonds is 6. The maximum absolute atomic E-state index is 5.48. The molecule has 0 aliphatic heterocycles. The minimum atomic E-state index is 0.619. The monoisotopic (exact) mass is 769 g/mol. The van der Waals surface area contributed by atoms with Crippen LogP contribution in [-0.2, 0) is 0 Å². The minimum Gasteiger partial charge on any atom is -0.264 e. The van der Waals surface area contributed by atoms with Crippen molar-refractivity contribution >= 4 is 43.4 Å². The van der Waals surface area contributed by atoms with Gasteiger partial charge in [0.05, 0.1) is 22.4 Å². The van der Waals surface area contributed by atoms with Crippen molar-refractivity contribution in [1.29, 1.82) is 0 Å². The Labute approximate surface area is 346 Å². The maximum atomic E-state index is 5.48. The lowest BCUT2D eigenvalue weighted by molar-refractivity contribution is 1.07. The molecule has 0 radical (unpaired) electrons. The molecule has 0 aliphatic carbocycles. The molecule has 0 saturated carbocycles. The molecule has 5 heterocycles. The summed E-state index contributed by atoms with van der Waals surface area (Å²) in [7, 11) is 0. The number of nitrogens with zero attached hydrogens (tertiary/aromatic N) is 7. The van der Waals surface area contributed by atoms with E-state index in [9.17, 15) is 0 Å². The van der Waals surface area contributed by atoms with Gasteiger partial charge in [0, 0.05) is 74.1 Å². The smallest absolute Gasteiger partial charge is 0.164 e. The molecule has 11 rings (SSSR count). The summed E-state index contributed by atoms with van der Waals surface area (Å²) in [4.78, 5) is 34.6. The van der Waals surface area contributed by atoms with Gasteiger partial charge in [0.15, 0.2) is 17.5 Å². The molecule has 0 saturated heterocycles. The number of aromatic nitrogens is 7. The normalized spacial score (nSPS) is 11.5. The fourth-order valence-corrected chi connectivity index (χ4v) is 8.59. The van der Waals surface area contributed by atoms with E-state index in [-0.39, 0.29) is 0 Å². The summed E-state index contributed by atoms with van der Waals surface area (Å²) in [6.45, 7) is 4.46. The van der Waals surface area contributed by atoms with Gasteiger partial charge in [-0.25, -0.2) is 24.9 Å². The summed E-state index contributed by atoms with van der Waals surface area (Å²) in [5, 5.41) is 6.78. The van der Waals surface area contributed by atoms with Gasteiger partial charge in [-0.15, -0.1) is 0 Å². The molecule has 6 aromatic carbocycles. The summed E-state index contributed by atoms with van der Waals surface area (Å²) in [5.74, 6) is 1.89. The van der Waals surface area contributed by atoms with Crippen LogP contribution in [0.1, 0.15) is 11.1 Å². The van der Waals surface area contributed by atoms with E-state index >= 15 is 0 Å². The van der Waals surface area contributed by atoms with E-state index in [0.29, 0.717) is 17.5 Å². The maximum Gasteiger partial charge on any atom is 0.164 e. The number of benzene rings is 6. The van der Waals surface area contributed by atoms with Crippen molar-refractivity contribution in [2.45, 2.75) is 13.8 Å². The van der Waals surface area contributed by atoms with E-state index in [0.717, 1.165) is 99.4 Å². The molecule has 282 valence electrons. The lowest BCUT2D eigenvalue weighted by atomic mass is 9.86. The van der Waals surface area contributed by atoms with E-state index in [4.69, 9.17) is 24.9 Å². The molecule has 0 fully saturated rings. The standard InChI is InChI=1S/C53H35N7/c1-32-45-41-19-9-10-20-43(41)56-49(39-17-11-27-54-30-39)47(45)33(2)46-42-26-25-38(29-44(42)57-50(48(32)46)40-18-12-28-55-31-40)34-21-23-37(24-22-34)53-59-51(35-13-5-3-6-14-35)58-52(60-53)36-15-7-4-8-16-36/h3-31H,1-2H3. The quantitative estimate of drug-likeness (QED) is 0.123. The van der Waals surface area contributed by atoms with Crippen LogP contribution in [0.4, 0.5) is 0 Å². The highest BCUT2D eigenvalue weighted by Gasteiger charge is 2.23. The Morgan fingerprint density at radius 1 is 0.317 bits per heavy atom. The third-order valence-electron chi connectivity index (χ3n) is 11.4. The van der Waals surface area contributed by atoms with Crippen molar-refractivity contribution in [3.8, 4) is 67.8 Å². The molecule has 0 unspecified atom stereocenters. The van der Waals surface area contributed by atoms with E-state index in [1.54, 1.807) is 6.20 Å². The van der Waals surface area contributed by atoms with Crippen LogP contribution in [0.25, 0.3) is 111 Å². The molecule has 11 aromatic rings. The molecule has 0 aliphatic rings. The first-order chi connectivity index (χ1) is 29.6. The molecule has 7 heteroatoms. The number of hydrogen-bond donors (Lipinski definition) is 0. The topological polar surface area (TPSA) is 90.2 Å². The highest BCUT2D eigenvalue weighted by Crippen LogP contribution is 2.45. The van der Waals surface area contributed by atoms with E-state index in [1.165, 1.54) is 5.39 Å². The Morgan fingerprint density at radius 3 is 1.28 bits per heavy atom. The fraction of sp³-hybridized carbons (Fsp3) is 0.0377. The highest BCUT2D eigenvalue weighted by molar-refractivity contribution is 6.25. The second-order valence-corrected chi connectivity index (χ2v) is 15.0. The number of hydrogen-bond acceptors (Lipinski definition) is 7. The second kappa shape index (κ2) is 14.4. The molecule has 0 bridgehead atoms. The van der Waals surface area contributed by atoms with Crippen LogP contribution >= 0.6 is 0 Å². The van der Waals surface area contributed by atoms with Gasteiger partial charge in [-0.2, -0.15) is 0 Å². The van der Waals surface area contributed by atoms with Crippen molar-refractivity contribution in [3.05, 3.63) is 188 Å². The predicted molar refractivity (Wildman–Crippen MR) is 243 cm³/mol.